The van der Waals surface area contributed by atoms with Gasteiger partial charge in [-0.1, -0.05) is 45.2 Å². The summed E-state index contributed by atoms with van der Waals surface area (Å²) in [6.07, 6.45) is 0. The smallest absolute Gasteiger partial charge is 0.166 e. The number of hydrogen-bond donors (Lipinski definition) is 1. The fraction of sp³-hybridized carbons (Fsp3) is 0.417. The fourth-order valence-electron chi connectivity index (χ4n) is 1.24. The molecular formula is C12H18N2S. The molecule has 0 saturated heterocycles. The van der Waals surface area contributed by atoms with Gasteiger partial charge in [0.05, 0.1) is 11.0 Å². The van der Waals surface area contributed by atoms with Crippen LogP contribution in [0.15, 0.2) is 29.4 Å². The Kier molecular flexibility index (Phi) is 4.21. The van der Waals surface area contributed by atoms with Crippen LogP contribution in [0.1, 0.15) is 21.3 Å². The molecule has 2 rings (SSSR count). The monoisotopic (exact) mass is 222 g/mol. The van der Waals surface area contributed by atoms with Crippen molar-refractivity contribution in [3.8, 4) is 0 Å². The minimum absolute atomic E-state index is 0. The molecule has 2 nitrogen and oxygen atoms in total. The maximum atomic E-state index is 4.49. The zero-order valence-corrected chi connectivity index (χ0v) is 9.27. The van der Waals surface area contributed by atoms with Crippen molar-refractivity contribution < 1.29 is 0 Å². The van der Waals surface area contributed by atoms with Gasteiger partial charge in [-0.25, -0.2) is 4.98 Å². The van der Waals surface area contributed by atoms with Crippen LogP contribution >= 0.6 is 11.8 Å². The third kappa shape index (κ3) is 2.99. The minimum atomic E-state index is 0. The van der Waals surface area contributed by atoms with E-state index in [0.717, 1.165) is 21.9 Å². The van der Waals surface area contributed by atoms with E-state index in [1.807, 2.05) is 18.2 Å². The fourth-order valence-corrected chi connectivity index (χ4v) is 2.08. The highest BCUT2D eigenvalue weighted by Gasteiger charge is 2.03. The summed E-state index contributed by atoms with van der Waals surface area (Å²) in [6.45, 7) is 4.44. The Labute approximate surface area is 95.5 Å². The van der Waals surface area contributed by atoms with Gasteiger partial charge in [0.15, 0.2) is 5.16 Å². The lowest BCUT2D eigenvalue weighted by Gasteiger charge is -1.99. The Morgan fingerprint density at radius 2 is 2.07 bits per heavy atom. The van der Waals surface area contributed by atoms with Gasteiger partial charge in [0, 0.05) is 5.75 Å². The second kappa shape index (κ2) is 5.21. The van der Waals surface area contributed by atoms with Crippen molar-refractivity contribution in [3.63, 3.8) is 0 Å². The van der Waals surface area contributed by atoms with Crippen LogP contribution in [-0.2, 0) is 0 Å². The van der Waals surface area contributed by atoms with Gasteiger partial charge in [-0.15, -0.1) is 0 Å². The molecule has 0 unspecified atom stereocenters. The number of aromatic nitrogens is 2. The zero-order chi connectivity index (χ0) is 9.97. The summed E-state index contributed by atoms with van der Waals surface area (Å²) in [7, 11) is 0. The molecule has 1 N–H and O–H groups in total. The lowest BCUT2D eigenvalue weighted by molar-refractivity contribution is 0.748. The summed E-state index contributed by atoms with van der Waals surface area (Å²) in [5.74, 6) is 1.81. The number of hydrogen-bond acceptors (Lipinski definition) is 2. The number of benzene rings is 1. The van der Waals surface area contributed by atoms with Gasteiger partial charge in [-0.2, -0.15) is 0 Å². The minimum Gasteiger partial charge on any atom is -0.333 e. The highest BCUT2D eigenvalue weighted by molar-refractivity contribution is 7.99. The van der Waals surface area contributed by atoms with E-state index < -0.39 is 0 Å². The molecule has 1 aromatic carbocycles. The first kappa shape index (κ1) is 12.1. The summed E-state index contributed by atoms with van der Waals surface area (Å²) < 4.78 is 0. The van der Waals surface area contributed by atoms with Crippen LogP contribution in [-0.4, -0.2) is 15.7 Å². The van der Waals surface area contributed by atoms with Crippen molar-refractivity contribution in [2.45, 2.75) is 26.4 Å². The number of thioether (sulfide) groups is 1. The number of rotatable bonds is 3. The summed E-state index contributed by atoms with van der Waals surface area (Å²) in [4.78, 5) is 7.79. The summed E-state index contributed by atoms with van der Waals surface area (Å²) in [6, 6.07) is 8.13. The lowest BCUT2D eigenvalue weighted by Crippen LogP contribution is -1.90. The predicted octanol–water partition coefficient (Wildman–Crippen LogP) is 3.95. The first-order valence-corrected chi connectivity index (χ1v) is 5.82. The molecule has 1 aromatic heterocycles. The molecule has 0 aliphatic rings. The van der Waals surface area contributed by atoms with Crippen molar-refractivity contribution in [1.29, 1.82) is 0 Å². The van der Waals surface area contributed by atoms with Crippen molar-refractivity contribution in [1.82, 2.24) is 9.97 Å². The third-order valence-corrected chi connectivity index (χ3v) is 3.22. The molecule has 82 valence electrons. The number of nitrogens with zero attached hydrogens (tertiary/aromatic N) is 1. The molecule has 0 fully saturated rings. The first-order chi connectivity index (χ1) is 6.75. The molecule has 3 heteroatoms. The van der Waals surface area contributed by atoms with Gasteiger partial charge in [0.2, 0.25) is 0 Å². The molecule has 0 atom stereocenters. The highest BCUT2D eigenvalue weighted by atomic mass is 32.2. The third-order valence-electron chi connectivity index (χ3n) is 1.92. The predicted molar refractivity (Wildman–Crippen MR) is 68.4 cm³/mol. The van der Waals surface area contributed by atoms with E-state index in [1.54, 1.807) is 11.8 Å². The van der Waals surface area contributed by atoms with E-state index in [9.17, 15) is 0 Å². The molecule has 2 aromatic rings. The van der Waals surface area contributed by atoms with Crippen LogP contribution in [0.4, 0.5) is 0 Å². The summed E-state index contributed by atoms with van der Waals surface area (Å²) >= 11 is 1.79. The number of imidazole rings is 1. The standard InChI is InChI=1S/C11H14N2S.CH4/c1-8(2)7-14-11-12-9-5-3-4-6-10(9)13-11;/h3-6,8H,7H2,1-2H3,(H,12,13);1H4. The molecule has 15 heavy (non-hydrogen) atoms. The van der Waals surface area contributed by atoms with E-state index in [4.69, 9.17) is 0 Å². The van der Waals surface area contributed by atoms with Gasteiger partial charge in [0.1, 0.15) is 0 Å². The average Bonchev–Trinajstić information content (AvgIpc) is 2.57. The van der Waals surface area contributed by atoms with Crippen molar-refractivity contribution in [3.05, 3.63) is 24.3 Å². The van der Waals surface area contributed by atoms with E-state index in [0.29, 0.717) is 5.92 Å². The normalized spacial score (nSPS) is 10.6. The van der Waals surface area contributed by atoms with E-state index in [2.05, 4.69) is 29.9 Å². The maximum absolute atomic E-state index is 4.49. The molecule has 0 bridgehead atoms. The van der Waals surface area contributed by atoms with Gasteiger partial charge in [-0.05, 0) is 18.1 Å². The summed E-state index contributed by atoms with van der Waals surface area (Å²) in [5, 5.41) is 1.03. The van der Waals surface area contributed by atoms with Gasteiger partial charge >= 0.3 is 0 Å². The molecule has 0 spiro atoms. The van der Waals surface area contributed by atoms with Crippen molar-refractivity contribution in [2.75, 3.05) is 5.75 Å². The molecular weight excluding hydrogens is 204 g/mol. The van der Waals surface area contributed by atoms with E-state index in [-0.39, 0.29) is 7.43 Å². The van der Waals surface area contributed by atoms with Crippen LogP contribution < -0.4 is 0 Å². The zero-order valence-electron chi connectivity index (χ0n) is 8.45. The second-order valence-electron chi connectivity index (χ2n) is 3.76. The van der Waals surface area contributed by atoms with Crippen LogP contribution in [0, 0.1) is 5.92 Å². The van der Waals surface area contributed by atoms with E-state index in [1.165, 1.54) is 0 Å². The highest BCUT2D eigenvalue weighted by Crippen LogP contribution is 2.20. The van der Waals surface area contributed by atoms with Crippen LogP contribution in [0.3, 0.4) is 0 Å². The van der Waals surface area contributed by atoms with Crippen LogP contribution in [0.5, 0.6) is 0 Å². The topological polar surface area (TPSA) is 28.7 Å². The number of aromatic amines is 1. The maximum Gasteiger partial charge on any atom is 0.166 e. The van der Waals surface area contributed by atoms with Gasteiger partial charge in [0.25, 0.3) is 0 Å². The van der Waals surface area contributed by atoms with Crippen LogP contribution in [0.2, 0.25) is 0 Å². The number of fused-ring (bicyclic) bond motifs is 1. The Balaban J connectivity index is 0.00000112. The largest absolute Gasteiger partial charge is 0.333 e. The molecule has 0 saturated carbocycles. The van der Waals surface area contributed by atoms with Crippen LogP contribution in [0.25, 0.3) is 11.0 Å². The Bertz CT molecular complexity index is 387. The summed E-state index contributed by atoms with van der Waals surface area (Å²) in [5.41, 5.74) is 2.18. The Morgan fingerprint density at radius 1 is 1.33 bits per heavy atom. The first-order valence-electron chi connectivity index (χ1n) is 4.83. The molecule has 0 aliphatic carbocycles. The Hall–Kier alpha value is -0.960. The molecule has 1 heterocycles. The van der Waals surface area contributed by atoms with Crippen molar-refractivity contribution in [2.24, 2.45) is 5.92 Å². The molecule has 0 radical (unpaired) electrons. The molecule has 0 aliphatic heterocycles. The van der Waals surface area contributed by atoms with Gasteiger partial charge < -0.3 is 4.98 Å². The molecule has 0 amide bonds. The average molecular weight is 222 g/mol. The lowest BCUT2D eigenvalue weighted by atomic mass is 10.3. The SMILES string of the molecule is C.CC(C)CSc1nc2ccccc2[nH]1. The van der Waals surface area contributed by atoms with Gasteiger partial charge in [-0.3, -0.25) is 0 Å². The van der Waals surface area contributed by atoms with E-state index >= 15 is 0 Å². The Morgan fingerprint density at radius 3 is 2.73 bits per heavy atom. The number of H-pyrrole nitrogens is 1. The number of nitrogens with one attached hydrogen (secondary N) is 1. The number of para-hydroxylation sites is 2. The van der Waals surface area contributed by atoms with Crippen molar-refractivity contribution >= 4 is 22.8 Å². The second-order valence-corrected chi connectivity index (χ2v) is 4.77. The quantitative estimate of drug-likeness (QED) is 0.797.